The molecule has 1 aromatic heterocycles. The Morgan fingerprint density at radius 2 is 1.86 bits per heavy atom. The van der Waals surface area contributed by atoms with Crippen LogP contribution in [0.25, 0.3) is 10.9 Å². The van der Waals surface area contributed by atoms with Crippen LogP contribution in [0, 0.1) is 0 Å². The smallest absolute Gasteiger partial charge is 0.315 e. The van der Waals surface area contributed by atoms with Gasteiger partial charge in [-0.15, -0.1) is 0 Å². The number of nitrogens with zero attached hydrogens (tertiary/aromatic N) is 1. The Morgan fingerprint density at radius 3 is 2.43 bits per heavy atom. The molecule has 0 fully saturated rings. The van der Waals surface area contributed by atoms with Crippen LogP contribution < -0.4 is 4.72 Å². The number of anilines is 1. The van der Waals surface area contributed by atoms with Gasteiger partial charge in [-0.3, -0.25) is 9.52 Å². The molecule has 0 aliphatic heterocycles. The van der Waals surface area contributed by atoms with Gasteiger partial charge >= 0.3 is 5.97 Å². The summed E-state index contributed by atoms with van der Waals surface area (Å²) in [4.78, 5) is 12.3. The van der Waals surface area contributed by atoms with Crippen LogP contribution in [0.15, 0.2) is 54.7 Å². The number of aliphatic carboxylic acids is 1. The molecule has 0 saturated carbocycles. The highest BCUT2D eigenvalue weighted by Crippen LogP contribution is 2.34. The number of carboxylic acids is 1. The highest BCUT2D eigenvalue weighted by molar-refractivity contribution is 7.92. The van der Waals surface area contributed by atoms with Crippen molar-refractivity contribution in [2.45, 2.75) is 25.3 Å². The van der Waals surface area contributed by atoms with Crippen LogP contribution in [0.4, 0.5) is 5.69 Å². The third-order valence-corrected chi connectivity index (χ3v) is 5.80. The number of sulfonamides is 1. The average molecular weight is 421 g/mol. The minimum Gasteiger partial charge on any atom is -0.481 e. The van der Waals surface area contributed by atoms with E-state index in [1.54, 1.807) is 48.7 Å². The molecule has 0 amide bonds. The molecular formula is C20H21ClN2O4S. The molecule has 6 nitrogen and oxygen atoms in total. The van der Waals surface area contributed by atoms with E-state index in [1.807, 2.05) is 17.6 Å². The molecule has 8 heteroatoms. The molecule has 0 unspecified atom stereocenters. The highest BCUT2D eigenvalue weighted by Gasteiger charge is 2.39. The first kappa shape index (κ1) is 20.2. The maximum absolute atomic E-state index is 12.3. The van der Waals surface area contributed by atoms with Crippen LogP contribution in [0.5, 0.6) is 0 Å². The number of halogens is 1. The Hall–Kier alpha value is -2.51. The van der Waals surface area contributed by atoms with Gasteiger partial charge in [0.15, 0.2) is 0 Å². The maximum Gasteiger partial charge on any atom is 0.315 e. The lowest BCUT2D eigenvalue weighted by Gasteiger charge is -2.30. The van der Waals surface area contributed by atoms with Gasteiger partial charge in [0.25, 0.3) is 0 Å². The van der Waals surface area contributed by atoms with Crippen molar-refractivity contribution in [3.8, 4) is 0 Å². The second-order valence-corrected chi connectivity index (χ2v) is 8.99. The Morgan fingerprint density at radius 1 is 1.18 bits per heavy atom. The number of carboxylic acid groups (broad SMARTS) is 1. The normalized spacial score (nSPS) is 14.0. The van der Waals surface area contributed by atoms with Crippen molar-refractivity contribution in [3.63, 3.8) is 0 Å². The lowest BCUT2D eigenvalue weighted by atomic mass is 9.78. The number of benzene rings is 2. The van der Waals surface area contributed by atoms with E-state index in [1.165, 1.54) is 0 Å². The fraction of sp³-hybridized carbons (Fsp3) is 0.250. The standard InChI is InChI=1S/C20H21ClN2O4S/c1-3-20(19(24)25,14-7-9-15(21)10-8-14)13-23-12-11-16-17(22-28(2,26)27)5-4-6-18(16)23/h4-12,22H,3,13H2,1-2H3,(H,24,25)/t20-/m1/s1. The van der Waals surface area contributed by atoms with E-state index in [0.29, 0.717) is 28.1 Å². The fourth-order valence-corrected chi connectivity index (χ4v) is 4.16. The van der Waals surface area contributed by atoms with E-state index < -0.39 is 21.4 Å². The first-order chi connectivity index (χ1) is 13.2. The third kappa shape index (κ3) is 3.86. The monoisotopic (exact) mass is 420 g/mol. The molecule has 0 aliphatic carbocycles. The summed E-state index contributed by atoms with van der Waals surface area (Å²) < 4.78 is 27.6. The molecule has 3 rings (SSSR count). The quantitative estimate of drug-likeness (QED) is 0.602. The number of carbonyl (C=O) groups is 1. The molecular weight excluding hydrogens is 400 g/mol. The van der Waals surface area contributed by atoms with Gasteiger partial charge in [-0.2, -0.15) is 0 Å². The molecule has 0 bridgehead atoms. The number of hydrogen-bond donors (Lipinski definition) is 2. The molecule has 2 aromatic carbocycles. The minimum atomic E-state index is -3.43. The fourth-order valence-electron chi connectivity index (χ4n) is 3.46. The van der Waals surface area contributed by atoms with Gasteiger partial charge in [-0.25, -0.2) is 8.42 Å². The molecule has 0 saturated heterocycles. The van der Waals surface area contributed by atoms with Crippen LogP contribution in [0.2, 0.25) is 5.02 Å². The largest absolute Gasteiger partial charge is 0.481 e. The topological polar surface area (TPSA) is 88.4 Å². The summed E-state index contributed by atoms with van der Waals surface area (Å²) in [7, 11) is -3.43. The summed E-state index contributed by atoms with van der Waals surface area (Å²) in [5.41, 5.74) is 0.736. The number of aromatic nitrogens is 1. The van der Waals surface area contributed by atoms with Crippen molar-refractivity contribution in [3.05, 3.63) is 65.3 Å². The van der Waals surface area contributed by atoms with Crippen molar-refractivity contribution < 1.29 is 18.3 Å². The number of fused-ring (bicyclic) bond motifs is 1. The van der Waals surface area contributed by atoms with Gasteiger partial charge < -0.3 is 9.67 Å². The summed E-state index contributed by atoms with van der Waals surface area (Å²) in [5, 5.41) is 11.3. The first-order valence-electron chi connectivity index (χ1n) is 8.71. The number of rotatable bonds is 7. The van der Waals surface area contributed by atoms with Crippen molar-refractivity contribution in [1.82, 2.24) is 4.57 Å². The van der Waals surface area contributed by atoms with E-state index in [9.17, 15) is 18.3 Å². The lowest BCUT2D eigenvalue weighted by molar-refractivity contribution is -0.144. The number of hydrogen-bond acceptors (Lipinski definition) is 3. The van der Waals surface area contributed by atoms with Crippen LogP contribution in [-0.4, -0.2) is 30.3 Å². The average Bonchev–Trinajstić information content (AvgIpc) is 3.03. The summed E-state index contributed by atoms with van der Waals surface area (Å²) >= 11 is 5.97. The van der Waals surface area contributed by atoms with Crippen LogP contribution in [0.1, 0.15) is 18.9 Å². The zero-order valence-electron chi connectivity index (χ0n) is 15.5. The molecule has 3 aromatic rings. The maximum atomic E-state index is 12.3. The lowest BCUT2D eigenvalue weighted by Crippen LogP contribution is -2.39. The zero-order chi connectivity index (χ0) is 20.5. The molecule has 148 valence electrons. The predicted molar refractivity (Wildman–Crippen MR) is 111 cm³/mol. The predicted octanol–water partition coefficient (Wildman–Crippen LogP) is 4.10. The molecule has 28 heavy (non-hydrogen) atoms. The summed E-state index contributed by atoms with van der Waals surface area (Å²) in [5.74, 6) is -0.926. The van der Waals surface area contributed by atoms with E-state index in [-0.39, 0.29) is 6.54 Å². The summed E-state index contributed by atoms with van der Waals surface area (Å²) in [6.45, 7) is 2.04. The van der Waals surface area contributed by atoms with Crippen molar-refractivity contribution >= 4 is 44.2 Å². The second kappa shape index (κ2) is 7.48. The van der Waals surface area contributed by atoms with E-state index in [4.69, 9.17) is 11.6 Å². The van der Waals surface area contributed by atoms with Gasteiger partial charge in [-0.05, 0) is 42.3 Å². The van der Waals surface area contributed by atoms with Gasteiger partial charge in [0.1, 0.15) is 5.41 Å². The van der Waals surface area contributed by atoms with E-state index in [0.717, 1.165) is 11.8 Å². The SMILES string of the molecule is CC[C@](Cn1ccc2c(NS(C)(=O)=O)cccc21)(C(=O)O)c1ccc(Cl)cc1. The Labute approximate surface area is 168 Å². The summed E-state index contributed by atoms with van der Waals surface area (Å²) in [6, 6.07) is 13.9. The Kier molecular flexibility index (Phi) is 5.41. The second-order valence-electron chi connectivity index (χ2n) is 6.80. The van der Waals surface area contributed by atoms with Gasteiger partial charge in [0.05, 0.1) is 17.5 Å². The summed E-state index contributed by atoms with van der Waals surface area (Å²) in [6.07, 6.45) is 3.25. The Balaban J connectivity index is 2.09. The van der Waals surface area contributed by atoms with Gasteiger partial charge in [0.2, 0.25) is 10.0 Å². The van der Waals surface area contributed by atoms with Crippen molar-refractivity contribution in [2.24, 2.45) is 0 Å². The molecule has 1 heterocycles. The van der Waals surface area contributed by atoms with E-state index >= 15 is 0 Å². The molecule has 1 atom stereocenters. The molecule has 0 radical (unpaired) electrons. The van der Waals surface area contributed by atoms with E-state index in [2.05, 4.69) is 4.72 Å². The van der Waals surface area contributed by atoms with Crippen LogP contribution in [0.3, 0.4) is 0 Å². The third-order valence-electron chi connectivity index (χ3n) is 4.96. The Bertz CT molecular complexity index is 1120. The molecule has 2 N–H and O–H groups in total. The minimum absolute atomic E-state index is 0.201. The van der Waals surface area contributed by atoms with Crippen molar-refractivity contribution in [1.29, 1.82) is 0 Å². The van der Waals surface area contributed by atoms with Gasteiger partial charge in [-0.1, -0.05) is 36.7 Å². The zero-order valence-corrected chi connectivity index (χ0v) is 17.1. The molecule has 0 aliphatic rings. The number of nitrogens with one attached hydrogen (secondary N) is 1. The van der Waals surface area contributed by atoms with Crippen LogP contribution >= 0.6 is 11.6 Å². The van der Waals surface area contributed by atoms with Gasteiger partial charge in [0, 0.05) is 23.2 Å². The highest BCUT2D eigenvalue weighted by atomic mass is 35.5. The first-order valence-corrected chi connectivity index (χ1v) is 11.0. The molecule has 0 spiro atoms. The van der Waals surface area contributed by atoms with Crippen molar-refractivity contribution in [2.75, 3.05) is 11.0 Å². The van der Waals surface area contributed by atoms with Crippen LogP contribution in [-0.2, 0) is 26.8 Å².